The van der Waals surface area contributed by atoms with E-state index in [0.29, 0.717) is 22.3 Å². The van der Waals surface area contributed by atoms with Crippen molar-refractivity contribution in [3.63, 3.8) is 0 Å². The lowest BCUT2D eigenvalue weighted by molar-refractivity contribution is -0.124. The van der Waals surface area contributed by atoms with E-state index in [2.05, 4.69) is 9.88 Å². The number of anilines is 1. The van der Waals surface area contributed by atoms with Crippen molar-refractivity contribution in [3.8, 4) is 0 Å². The van der Waals surface area contributed by atoms with E-state index >= 15 is 0 Å². The molecule has 2 N–H and O–H groups in total. The summed E-state index contributed by atoms with van der Waals surface area (Å²) in [5.74, 6) is -0.447. The Kier molecular flexibility index (Phi) is 6.19. The Bertz CT molecular complexity index is 1070. The summed E-state index contributed by atoms with van der Waals surface area (Å²) in [5, 5.41) is 15.0. The zero-order valence-corrected chi connectivity index (χ0v) is 18.3. The molecule has 0 aliphatic heterocycles. The number of nitrogens with one attached hydrogen (secondary N) is 1. The van der Waals surface area contributed by atoms with Gasteiger partial charge in [-0.15, -0.1) is 0 Å². The van der Waals surface area contributed by atoms with Crippen molar-refractivity contribution in [2.45, 2.75) is 45.3 Å². The van der Waals surface area contributed by atoms with E-state index in [1.807, 2.05) is 31.2 Å². The maximum atomic E-state index is 12.8. The maximum absolute atomic E-state index is 12.8. The summed E-state index contributed by atoms with van der Waals surface area (Å²) in [7, 11) is 0. The summed E-state index contributed by atoms with van der Waals surface area (Å²) in [6.07, 6.45) is 2.77. The summed E-state index contributed by atoms with van der Waals surface area (Å²) in [6, 6.07) is 14.7. The van der Waals surface area contributed by atoms with E-state index in [9.17, 15) is 9.90 Å². The Hall–Kier alpha value is -2.27. The summed E-state index contributed by atoms with van der Waals surface area (Å²) < 4.78 is 2.24. The zero-order chi connectivity index (χ0) is 21.3. The summed E-state index contributed by atoms with van der Waals surface area (Å²) in [5.41, 5.74) is 5.71. The average Bonchev–Trinajstić information content (AvgIpc) is 3.00. The van der Waals surface area contributed by atoms with Gasteiger partial charge in [0.25, 0.3) is 5.91 Å². The standard InChI is InChI=1S/C24H24Cl2N2O2/c1-15-22(23(29)24(30)27-19-6-4-5-18(26)13-19)20-7-2-3-8-21(20)28(15)14-16-9-11-17(25)12-10-16/h4-6,9-13,23,29H,2-3,7-8,14H2,1H3,(H,27,30). The van der Waals surface area contributed by atoms with Crippen LogP contribution in [0, 0.1) is 6.92 Å². The fraction of sp³-hybridized carbons (Fsp3) is 0.292. The Morgan fingerprint density at radius 2 is 1.83 bits per heavy atom. The highest BCUT2D eigenvalue weighted by atomic mass is 35.5. The highest BCUT2D eigenvalue weighted by Crippen LogP contribution is 2.35. The largest absolute Gasteiger partial charge is 0.378 e. The number of aliphatic hydroxyl groups is 1. The Morgan fingerprint density at radius 1 is 1.10 bits per heavy atom. The molecule has 0 saturated heterocycles. The predicted molar refractivity (Wildman–Crippen MR) is 121 cm³/mol. The molecule has 30 heavy (non-hydrogen) atoms. The fourth-order valence-electron chi connectivity index (χ4n) is 4.30. The Morgan fingerprint density at radius 3 is 2.57 bits per heavy atom. The van der Waals surface area contributed by atoms with Gasteiger partial charge in [-0.05, 0) is 74.1 Å². The number of carbonyl (C=O) groups is 1. The second-order valence-electron chi connectivity index (χ2n) is 7.75. The number of nitrogens with zero attached hydrogens (tertiary/aromatic N) is 1. The van der Waals surface area contributed by atoms with Crippen LogP contribution in [-0.2, 0) is 24.2 Å². The quantitative estimate of drug-likeness (QED) is 0.531. The molecule has 156 valence electrons. The van der Waals surface area contributed by atoms with Crippen LogP contribution in [0.1, 0.15) is 47.0 Å². The molecule has 1 atom stereocenters. The molecule has 6 heteroatoms. The summed E-state index contributed by atoms with van der Waals surface area (Å²) >= 11 is 12.0. The van der Waals surface area contributed by atoms with Crippen LogP contribution in [0.2, 0.25) is 10.0 Å². The SMILES string of the molecule is Cc1c(C(O)C(=O)Nc2cccc(Cl)c2)c2c(n1Cc1ccc(Cl)cc1)CCCC2. The minimum Gasteiger partial charge on any atom is -0.378 e. The lowest BCUT2D eigenvalue weighted by Gasteiger charge is -2.17. The minimum atomic E-state index is -1.23. The van der Waals surface area contributed by atoms with Gasteiger partial charge in [0.15, 0.2) is 6.10 Å². The van der Waals surface area contributed by atoms with Gasteiger partial charge in [-0.1, -0.05) is 41.4 Å². The number of benzene rings is 2. The van der Waals surface area contributed by atoms with Crippen LogP contribution in [-0.4, -0.2) is 15.6 Å². The Labute approximate surface area is 186 Å². The van der Waals surface area contributed by atoms with Crippen molar-refractivity contribution >= 4 is 34.8 Å². The molecular formula is C24H24Cl2N2O2. The molecule has 0 radical (unpaired) electrons. The molecule has 4 nitrogen and oxygen atoms in total. The third kappa shape index (κ3) is 4.27. The zero-order valence-electron chi connectivity index (χ0n) is 16.8. The Balaban J connectivity index is 1.66. The average molecular weight is 443 g/mol. The number of amides is 1. The van der Waals surface area contributed by atoms with Gasteiger partial charge < -0.3 is 15.0 Å². The smallest absolute Gasteiger partial charge is 0.257 e. The van der Waals surface area contributed by atoms with Crippen LogP contribution in [0.15, 0.2) is 48.5 Å². The molecule has 4 rings (SSSR count). The van der Waals surface area contributed by atoms with Crippen LogP contribution < -0.4 is 5.32 Å². The molecule has 0 saturated carbocycles. The fourth-order valence-corrected chi connectivity index (χ4v) is 4.62. The second kappa shape index (κ2) is 8.84. The van der Waals surface area contributed by atoms with E-state index in [4.69, 9.17) is 23.2 Å². The topological polar surface area (TPSA) is 54.3 Å². The van der Waals surface area contributed by atoms with Crippen LogP contribution >= 0.6 is 23.2 Å². The number of aliphatic hydroxyl groups excluding tert-OH is 1. The first kappa shape index (κ1) is 21.0. The molecule has 1 aliphatic rings. The van der Waals surface area contributed by atoms with Crippen LogP contribution in [0.3, 0.4) is 0 Å². The number of fused-ring (bicyclic) bond motifs is 1. The number of hydrogen-bond acceptors (Lipinski definition) is 2. The van der Waals surface area contributed by atoms with Crippen molar-refractivity contribution < 1.29 is 9.90 Å². The lowest BCUT2D eigenvalue weighted by Crippen LogP contribution is -2.22. The number of carbonyl (C=O) groups excluding carboxylic acids is 1. The molecule has 3 aromatic rings. The number of rotatable bonds is 5. The first-order valence-corrected chi connectivity index (χ1v) is 10.9. The van der Waals surface area contributed by atoms with Crippen LogP contribution in [0.25, 0.3) is 0 Å². The molecule has 1 aromatic heterocycles. The van der Waals surface area contributed by atoms with E-state index < -0.39 is 12.0 Å². The van der Waals surface area contributed by atoms with Gasteiger partial charge in [0.2, 0.25) is 0 Å². The minimum absolute atomic E-state index is 0.447. The van der Waals surface area contributed by atoms with Gasteiger partial charge >= 0.3 is 0 Å². The molecule has 1 unspecified atom stereocenters. The molecule has 1 amide bonds. The molecule has 1 aliphatic carbocycles. The number of aromatic nitrogens is 1. The number of halogens is 2. The van der Waals surface area contributed by atoms with Gasteiger partial charge in [0.1, 0.15) is 0 Å². The van der Waals surface area contributed by atoms with Gasteiger partial charge in [0.05, 0.1) is 0 Å². The first-order chi connectivity index (χ1) is 14.4. The van der Waals surface area contributed by atoms with Crippen molar-refractivity contribution in [1.82, 2.24) is 4.57 Å². The van der Waals surface area contributed by atoms with Crippen LogP contribution in [0.4, 0.5) is 5.69 Å². The van der Waals surface area contributed by atoms with E-state index in [0.717, 1.165) is 48.1 Å². The molecule has 0 bridgehead atoms. The van der Waals surface area contributed by atoms with Gasteiger partial charge in [-0.3, -0.25) is 4.79 Å². The van der Waals surface area contributed by atoms with Gasteiger partial charge in [0, 0.05) is 39.2 Å². The van der Waals surface area contributed by atoms with E-state index in [1.165, 1.54) is 5.69 Å². The van der Waals surface area contributed by atoms with Crippen molar-refractivity contribution in [1.29, 1.82) is 0 Å². The normalized spacial score (nSPS) is 14.3. The third-order valence-electron chi connectivity index (χ3n) is 5.75. The highest BCUT2D eigenvalue weighted by molar-refractivity contribution is 6.31. The molecule has 0 fully saturated rings. The molecule has 0 spiro atoms. The van der Waals surface area contributed by atoms with Crippen molar-refractivity contribution in [2.24, 2.45) is 0 Å². The maximum Gasteiger partial charge on any atom is 0.257 e. The molecule has 1 heterocycles. The van der Waals surface area contributed by atoms with Gasteiger partial charge in [-0.2, -0.15) is 0 Å². The molecular weight excluding hydrogens is 419 g/mol. The van der Waals surface area contributed by atoms with E-state index in [1.54, 1.807) is 24.3 Å². The highest BCUT2D eigenvalue weighted by Gasteiger charge is 2.30. The predicted octanol–water partition coefficient (Wildman–Crippen LogP) is 5.70. The third-order valence-corrected chi connectivity index (χ3v) is 6.24. The molecule has 2 aromatic carbocycles. The van der Waals surface area contributed by atoms with Crippen molar-refractivity contribution in [2.75, 3.05) is 5.32 Å². The monoisotopic (exact) mass is 442 g/mol. The summed E-state index contributed by atoms with van der Waals surface area (Å²) in [6.45, 7) is 2.67. The number of hydrogen-bond donors (Lipinski definition) is 2. The summed E-state index contributed by atoms with van der Waals surface area (Å²) in [4.78, 5) is 12.8. The van der Waals surface area contributed by atoms with Crippen molar-refractivity contribution in [3.05, 3.63) is 86.7 Å². The van der Waals surface area contributed by atoms with E-state index in [-0.39, 0.29) is 0 Å². The van der Waals surface area contributed by atoms with Crippen LogP contribution in [0.5, 0.6) is 0 Å². The first-order valence-electron chi connectivity index (χ1n) is 10.1. The second-order valence-corrected chi connectivity index (χ2v) is 8.62. The lowest BCUT2D eigenvalue weighted by atomic mass is 9.92. The van der Waals surface area contributed by atoms with Gasteiger partial charge in [-0.25, -0.2) is 0 Å².